The van der Waals surface area contributed by atoms with Gasteiger partial charge in [0, 0.05) is 48.4 Å². The molecule has 1 fully saturated rings. The van der Waals surface area contributed by atoms with Gasteiger partial charge in [-0.3, -0.25) is 9.55 Å². The number of aromatic amines is 1. The maximum atomic E-state index is 13.9. The van der Waals surface area contributed by atoms with E-state index >= 15 is 0 Å². The number of nitrogens with one attached hydrogen (secondary N) is 1. The second-order valence-corrected chi connectivity index (χ2v) is 8.40. The van der Waals surface area contributed by atoms with Gasteiger partial charge in [-0.15, -0.1) is 10.2 Å². The maximum absolute atomic E-state index is 13.9. The van der Waals surface area contributed by atoms with Crippen LogP contribution in [-0.4, -0.2) is 56.0 Å². The van der Waals surface area contributed by atoms with Gasteiger partial charge in [0.25, 0.3) is 0 Å². The third-order valence-corrected chi connectivity index (χ3v) is 6.26. The van der Waals surface area contributed by atoms with Crippen molar-refractivity contribution in [2.75, 3.05) is 31.2 Å². The number of halogens is 1. The number of H-pyrrole nitrogens is 1. The van der Waals surface area contributed by atoms with Gasteiger partial charge in [0.2, 0.25) is 0 Å². The summed E-state index contributed by atoms with van der Waals surface area (Å²) in [7, 11) is 0. The van der Waals surface area contributed by atoms with Gasteiger partial charge in [-0.2, -0.15) is 0 Å². The van der Waals surface area contributed by atoms with E-state index in [1.807, 2.05) is 6.07 Å². The van der Waals surface area contributed by atoms with Crippen LogP contribution in [0.1, 0.15) is 19.2 Å². The van der Waals surface area contributed by atoms with Gasteiger partial charge in [-0.05, 0) is 36.8 Å². The van der Waals surface area contributed by atoms with Crippen LogP contribution in [0.15, 0.2) is 48.9 Å². The fourth-order valence-electron chi connectivity index (χ4n) is 4.69. The van der Waals surface area contributed by atoms with Gasteiger partial charge < -0.3 is 14.6 Å². The van der Waals surface area contributed by atoms with Gasteiger partial charge in [0.15, 0.2) is 5.82 Å². The Hall–Kier alpha value is -3.85. The van der Waals surface area contributed by atoms with Crippen molar-refractivity contribution in [1.29, 1.82) is 0 Å². The molecule has 0 atom stereocenters. The molecule has 172 valence electrons. The highest BCUT2D eigenvalue weighted by Gasteiger charge is 2.22. The Morgan fingerprint density at radius 1 is 1.12 bits per heavy atom. The number of rotatable bonds is 5. The molecule has 9 heteroatoms. The summed E-state index contributed by atoms with van der Waals surface area (Å²) in [6, 6.07) is 11.0. The Morgan fingerprint density at radius 3 is 2.79 bits per heavy atom. The van der Waals surface area contributed by atoms with Crippen LogP contribution in [0.25, 0.3) is 39.0 Å². The van der Waals surface area contributed by atoms with E-state index in [4.69, 9.17) is 9.72 Å². The topological polar surface area (TPSA) is 84.8 Å². The van der Waals surface area contributed by atoms with Crippen molar-refractivity contribution in [2.45, 2.75) is 19.8 Å². The van der Waals surface area contributed by atoms with Crippen LogP contribution < -0.4 is 4.90 Å². The van der Waals surface area contributed by atoms with E-state index in [9.17, 15) is 4.39 Å². The number of ether oxygens (including phenoxy) is 1. The van der Waals surface area contributed by atoms with Gasteiger partial charge in [0.1, 0.15) is 23.5 Å². The zero-order valence-corrected chi connectivity index (χ0v) is 18.8. The van der Waals surface area contributed by atoms with Gasteiger partial charge in [0.05, 0.1) is 29.9 Å². The van der Waals surface area contributed by atoms with Crippen LogP contribution in [0.3, 0.4) is 0 Å². The van der Waals surface area contributed by atoms with Gasteiger partial charge >= 0.3 is 0 Å². The van der Waals surface area contributed by atoms with Crippen molar-refractivity contribution in [3.8, 4) is 17.1 Å². The highest BCUT2D eigenvalue weighted by molar-refractivity contribution is 5.97. The van der Waals surface area contributed by atoms with Gasteiger partial charge in [-0.1, -0.05) is 6.92 Å². The first-order valence-electron chi connectivity index (χ1n) is 11.5. The molecule has 0 bridgehead atoms. The first kappa shape index (κ1) is 20.7. The second kappa shape index (κ2) is 8.49. The van der Waals surface area contributed by atoms with Crippen molar-refractivity contribution in [3.05, 3.63) is 60.6 Å². The molecule has 1 aliphatic rings. The quantitative estimate of drug-likeness (QED) is 0.424. The molecule has 1 saturated heterocycles. The van der Waals surface area contributed by atoms with Crippen molar-refractivity contribution < 1.29 is 9.13 Å². The number of hydrogen-bond acceptors (Lipinski definition) is 6. The van der Waals surface area contributed by atoms with Crippen LogP contribution in [0.2, 0.25) is 0 Å². The standard InChI is InChI=1S/C25H24FN7O/c1-2-3-23-30-24-19(25-28-15-29-31-25)13-17(32-8-10-34-11-9-32)14-22(24)33(23)21-6-7-27-20-12-16(26)4-5-18(20)21/h4-7,12-15H,2-3,8-11H2,1H3,(H,28,29,31). The summed E-state index contributed by atoms with van der Waals surface area (Å²) in [4.78, 5) is 14.9. The molecule has 34 heavy (non-hydrogen) atoms. The molecule has 5 aromatic rings. The Kier molecular flexibility index (Phi) is 5.18. The molecule has 4 heterocycles. The van der Waals surface area contributed by atoms with E-state index < -0.39 is 0 Å². The molecule has 1 N–H and O–H groups in total. The van der Waals surface area contributed by atoms with Crippen LogP contribution in [0.4, 0.5) is 10.1 Å². The summed E-state index contributed by atoms with van der Waals surface area (Å²) < 4.78 is 21.7. The van der Waals surface area contributed by atoms with E-state index in [-0.39, 0.29) is 5.82 Å². The number of morpholine rings is 1. The summed E-state index contributed by atoms with van der Waals surface area (Å²) in [5, 5.41) is 9.17. The monoisotopic (exact) mass is 457 g/mol. The molecular formula is C25H24FN7O. The van der Waals surface area contributed by atoms with Crippen molar-refractivity contribution in [1.82, 2.24) is 29.7 Å². The molecule has 1 aliphatic heterocycles. The molecule has 6 rings (SSSR count). The van der Waals surface area contributed by atoms with E-state index in [1.54, 1.807) is 18.6 Å². The predicted molar refractivity (Wildman–Crippen MR) is 129 cm³/mol. The fourth-order valence-corrected chi connectivity index (χ4v) is 4.69. The van der Waals surface area contributed by atoms with Crippen LogP contribution >= 0.6 is 0 Å². The summed E-state index contributed by atoms with van der Waals surface area (Å²) in [6.45, 7) is 5.15. The number of imidazole rings is 1. The molecule has 0 aliphatic carbocycles. The lowest BCUT2D eigenvalue weighted by Gasteiger charge is -2.29. The Labute approximate surface area is 195 Å². The second-order valence-electron chi connectivity index (χ2n) is 8.40. The Bertz CT molecular complexity index is 1470. The summed E-state index contributed by atoms with van der Waals surface area (Å²) in [5.41, 5.74) is 5.34. The molecule has 2 aromatic carbocycles. The van der Waals surface area contributed by atoms with Crippen molar-refractivity contribution in [2.24, 2.45) is 0 Å². The van der Waals surface area contributed by atoms with Crippen LogP contribution in [0.5, 0.6) is 0 Å². The summed E-state index contributed by atoms with van der Waals surface area (Å²) in [6.07, 6.45) is 5.04. The molecular weight excluding hydrogens is 433 g/mol. The summed E-state index contributed by atoms with van der Waals surface area (Å²) >= 11 is 0. The number of nitrogens with zero attached hydrogens (tertiary/aromatic N) is 6. The highest BCUT2D eigenvalue weighted by atomic mass is 19.1. The third kappa shape index (κ3) is 3.49. The first-order valence-corrected chi connectivity index (χ1v) is 11.5. The number of aromatic nitrogens is 6. The van der Waals surface area contributed by atoms with Gasteiger partial charge in [-0.25, -0.2) is 9.37 Å². The number of pyridine rings is 1. The molecule has 0 spiro atoms. The molecule has 0 saturated carbocycles. The summed E-state index contributed by atoms with van der Waals surface area (Å²) in [5.74, 6) is 1.31. The molecule has 8 nitrogen and oxygen atoms in total. The molecule has 3 aromatic heterocycles. The number of aryl methyl sites for hydroxylation is 1. The molecule has 0 amide bonds. The minimum Gasteiger partial charge on any atom is -0.378 e. The van der Waals surface area contributed by atoms with Crippen LogP contribution in [-0.2, 0) is 11.2 Å². The van der Waals surface area contributed by atoms with Crippen molar-refractivity contribution in [3.63, 3.8) is 0 Å². The maximum Gasteiger partial charge on any atom is 0.163 e. The first-order chi connectivity index (χ1) is 16.7. The van der Waals surface area contributed by atoms with E-state index in [0.717, 1.165) is 65.1 Å². The normalized spacial score (nSPS) is 14.4. The number of anilines is 1. The highest BCUT2D eigenvalue weighted by Crippen LogP contribution is 2.35. The lowest BCUT2D eigenvalue weighted by atomic mass is 10.1. The number of hydrogen-bond donors (Lipinski definition) is 1. The minimum atomic E-state index is -0.302. The SMILES string of the molecule is CCCc1nc2c(-c3nnc[nH]3)cc(N3CCOCC3)cc2n1-c1ccnc2cc(F)ccc12. The Morgan fingerprint density at radius 2 is 2.00 bits per heavy atom. The van der Waals surface area contributed by atoms with Crippen molar-refractivity contribution >= 4 is 27.6 Å². The van der Waals surface area contributed by atoms with Crippen LogP contribution in [0, 0.1) is 5.82 Å². The van der Waals surface area contributed by atoms with E-state index in [1.165, 1.54) is 12.1 Å². The zero-order chi connectivity index (χ0) is 23.1. The largest absolute Gasteiger partial charge is 0.378 e. The zero-order valence-electron chi connectivity index (χ0n) is 18.8. The number of fused-ring (bicyclic) bond motifs is 2. The molecule has 0 radical (unpaired) electrons. The third-order valence-electron chi connectivity index (χ3n) is 6.26. The van der Waals surface area contributed by atoms with E-state index in [2.05, 4.69) is 48.7 Å². The smallest absolute Gasteiger partial charge is 0.163 e. The lowest BCUT2D eigenvalue weighted by Crippen LogP contribution is -2.36. The minimum absolute atomic E-state index is 0.302. The predicted octanol–water partition coefficient (Wildman–Crippen LogP) is 4.29. The van der Waals surface area contributed by atoms with E-state index in [0.29, 0.717) is 24.6 Å². The average molecular weight is 458 g/mol. The fraction of sp³-hybridized carbons (Fsp3) is 0.280. The Balaban J connectivity index is 1.67. The lowest BCUT2D eigenvalue weighted by molar-refractivity contribution is 0.122. The molecule has 0 unspecified atom stereocenters. The number of benzene rings is 2. The average Bonchev–Trinajstić information content (AvgIpc) is 3.52.